The first-order chi connectivity index (χ1) is 7.29. The van der Waals surface area contributed by atoms with Gasteiger partial charge in [0.05, 0.1) is 0 Å². The molecular weight excluding hydrogens is 186 g/mol. The molecule has 0 bridgehead atoms. The molecule has 0 radical (unpaired) electrons. The summed E-state index contributed by atoms with van der Waals surface area (Å²) >= 11 is 0. The number of ether oxygens (including phenoxy) is 1. The summed E-state index contributed by atoms with van der Waals surface area (Å²) < 4.78 is 5.29. The van der Waals surface area contributed by atoms with Gasteiger partial charge < -0.3 is 10.1 Å². The van der Waals surface area contributed by atoms with Gasteiger partial charge in [-0.3, -0.25) is 0 Å². The van der Waals surface area contributed by atoms with Gasteiger partial charge in [0.15, 0.2) is 0 Å². The van der Waals surface area contributed by atoms with E-state index in [2.05, 4.69) is 19.2 Å². The smallest absolute Gasteiger partial charge is 0.0490 e. The zero-order valence-corrected chi connectivity index (χ0v) is 10.6. The molecule has 1 N–H and O–H groups in total. The molecule has 0 saturated heterocycles. The second-order valence-corrected chi connectivity index (χ2v) is 4.95. The summed E-state index contributed by atoms with van der Waals surface area (Å²) in [5, 5.41) is 3.50. The van der Waals surface area contributed by atoms with Gasteiger partial charge in [0.1, 0.15) is 0 Å². The molecule has 1 saturated carbocycles. The van der Waals surface area contributed by atoms with Gasteiger partial charge in [-0.25, -0.2) is 0 Å². The summed E-state index contributed by atoms with van der Waals surface area (Å²) in [5.41, 5.74) is 0. The van der Waals surface area contributed by atoms with Crippen molar-refractivity contribution >= 4 is 0 Å². The summed E-state index contributed by atoms with van der Waals surface area (Å²) in [5.74, 6) is 2.47. The maximum absolute atomic E-state index is 5.29. The molecule has 2 heteroatoms. The summed E-state index contributed by atoms with van der Waals surface area (Å²) in [6, 6.07) is 0. The molecule has 90 valence electrons. The second kappa shape index (κ2) is 7.24. The van der Waals surface area contributed by atoms with E-state index < -0.39 is 0 Å². The Hall–Kier alpha value is -0.0800. The minimum atomic E-state index is 0.721. The van der Waals surface area contributed by atoms with Crippen molar-refractivity contribution in [2.45, 2.75) is 39.5 Å². The van der Waals surface area contributed by atoms with Crippen LogP contribution >= 0.6 is 0 Å². The molecule has 0 aliphatic heterocycles. The van der Waals surface area contributed by atoms with Gasteiger partial charge in [0.2, 0.25) is 0 Å². The Morgan fingerprint density at radius 1 is 1.33 bits per heavy atom. The van der Waals surface area contributed by atoms with Crippen molar-refractivity contribution in [3.63, 3.8) is 0 Å². The van der Waals surface area contributed by atoms with E-state index in [1.807, 2.05) is 7.11 Å². The van der Waals surface area contributed by atoms with Gasteiger partial charge in [-0.1, -0.05) is 26.7 Å². The third-order valence-corrected chi connectivity index (χ3v) is 3.78. The minimum absolute atomic E-state index is 0.721. The summed E-state index contributed by atoms with van der Waals surface area (Å²) in [6.45, 7) is 7.76. The average molecular weight is 213 g/mol. The monoisotopic (exact) mass is 213 g/mol. The van der Waals surface area contributed by atoms with Gasteiger partial charge >= 0.3 is 0 Å². The van der Waals surface area contributed by atoms with Crippen molar-refractivity contribution < 1.29 is 4.74 Å². The molecule has 0 aromatic heterocycles. The predicted molar refractivity (Wildman–Crippen MR) is 65.0 cm³/mol. The standard InChI is InChI=1S/C13H27NO/c1-4-14-9-12-7-5-6-8-13(12)11(2)10-15-3/h11-14H,4-10H2,1-3H3. The highest BCUT2D eigenvalue weighted by Crippen LogP contribution is 2.34. The number of hydrogen-bond acceptors (Lipinski definition) is 2. The average Bonchev–Trinajstić information content (AvgIpc) is 2.27. The zero-order chi connectivity index (χ0) is 11.1. The van der Waals surface area contributed by atoms with Gasteiger partial charge in [0, 0.05) is 13.7 Å². The lowest BCUT2D eigenvalue weighted by Crippen LogP contribution is -2.35. The molecule has 0 spiro atoms. The molecule has 3 atom stereocenters. The Morgan fingerprint density at radius 3 is 2.73 bits per heavy atom. The largest absolute Gasteiger partial charge is 0.384 e. The van der Waals surface area contributed by atoms with Crippen LogP contribution in [0.4, 0.5) is 0 Å². The summed E-state index contributed by atoms with van der Waals surface area (Å²) in [7, 11) is 1.82. The van der Waals surface area contributed by atoms with Gasteiger partial charge in [-0.2, -0.15) is 0 Å². The van der Waals surface area contributed by atoms with Crippen molar-refractivity contribution in [1.82, 2.24) is 5.32 Å². The summed E-state index contributed by atoms with van der Waals surface area (Å²) in [4.78, 5) is 0. The van der Waals surface area contributed by atoms with E-state index >= 15 is 0 Å². The van der Waals surface area contributed by atoms with E-state index in [1.54, 1.807) is 0 Å². The van der Waals surface area contributed by atoms with Crippen LogP contribution in [0, 0.1) is 17.8 Å². The quantitative estimate of drug-likeness (QED) is 0.732. The maximum Gasteiger partial charge on any atom is 0.0490 e. The molecule has 0 heterocycles. The number of nitrogens with one attached hydrogen (secondary N) is 1. The predicted octanol–water partition coefficient (Wildman–Crippen LogP) is 2.68. The Morgan fingerprint density at radius 2 is 2.07 bits per heavy atom. The Balaban J connectivity index is 2.41. The van der Waals surface area contributed by atoms with Crippen LogP contribution in [0.15, 0.2) is 0 Å². The van der Waals surface area contributed by atoms with E-state index in [9.17, 15) is 0 Å². The Labute approximate surface area is 94.8 Å². The molecule has 0 aromatic rings. The van der Waals surface area contributed by atoms with Gasteiger partial charge in [0.25, 0.3) is 0 Å². The fraction of sp³-hybridized carbons (Fsp3) is 1.00. The first kappa shape index (κ1) is 13.0. The number of methoxy groups -OCH3 is 1. The van der Waals surface area contributed by atoms with Gasteiger partial charge in [-0.05, 0) is 43.7 Å². The topological polar surface area (TPSA) is 21.3 Å². The minimum Gasteiger partial charge on any atom is -0.384 e. The van der Waals surface area contributed by atoms with Crippen LogP contribution in [0.1, 0.15) is 39.5 Å². The fourth-order valence-corrected chi connectivity index (χ4v) is 2.96. The van der Waals surface area contributed by atoms with Crippen LogP contribution in [0.5, 0.6) is 0 Å². The van der Waals surface area contributed by atoms with Crippen molar-refractivity contribution in [3.05, 3.63) is 0 Å². The van der Waals surface area contributed by atoms with Crippen molar-refractivity contribution in [3.8, 4) is 0 Å². The SMILES string of the molecule is CCNCC1CCCCC1C(C)COC. The van der Waals surface area contributed by atoms with Crippen LogP contribution < -0.4 is 5.32 Å². The van der Waals surface area contributed by atoms with Crippen LogP contribution in [0.25, 0.3) is 0 Å². The van der Waals surface area contributed by atoms with E-state index in [-0.39, 0.29) is 0 Å². The molecule has 1 rings (SSSR count). The Kier molecular flexibility index (Phi) is 6.26. The van der Waals surface area contributed by atoms with Crippen LogP contribution in [-0.4, -0.2) is 26.8 Å². The number of hydrogen-bond donors (Lipinski definition) is 1. The fourth-order valence-electron chi connectivity index (χ4n) is 2.96. The maximum atomic E-state index is 5.29. The lowest BCUT2D eigenvalue weighted by Gasteiger charge is -2.35. The molecule has 1 fully saturated rings. The molecule has 1 aliphatic carbocycles. The first-order valence-corrected chi connectivity index (χ1v) is 6.49. The Bertz CT molecular complexity index is 161. The highest BCUT2D eigenvalue weighted by Gasteiger charge is 2.28. The lowest BCUT2D eigenvalue weighted by molar-refractivity contribution is 0.0837. The van der Waals surface area contributed by atoms with E-state index in [0.717, 1.165) is 30.9 Å². The third kappa shape index (κ3) is 4.12. The molecular formula is C13H27NO. The first-order valence-electron chi connectivity index (χ1n) is 6.49. The van der Waals surface area contributed by atoms with Crippen LogP contribution in [0.3, 0.4) is 0 Å². The van der Waals surface area contributed by atoms with Crippen molar-refractivity contribution in [2.75, 3.05) is 26.8 Å². The molecule has 1 aliphatic rings. The van der Waals surface area contributed by atoms with Gasteiger partial charge in [-0.15, -0.1) is 0 Å². The highest BCUT2D eigenvalue weighted by molar-refractivity contribution is 4.80. The van der Waals surface area contributed by atoms with E-state index in [4.69, 9.17) is 4.74 Å². The normalized spacial score (nSPS) is 29.0. The third-order valence-electron chi connectivity index (χ3n) is 3.78. The highest BCUT2D eigenvalue weighted by atomic mass is 16.5. The molecule has 0 aromatic carbocycles. The zero-order valence-electron chi connectivity index (χ0n) is 10.6. The molecule has 2 nitrogen and oxygen atoms in total. The summed E-state index contributed by atoms with van der Waals surface area (Å²) in [6.07, 6.45) is 5.65. The lowest BCUT2D eigenvalue weighted by atomic mass is 9.73. The van der Waals surface area contributed by atoms with Crippen molar-refractivity contribution in [2.24, 2.45) is 17.8 Å². The van der Waals surface area contributed by atoms with Crippen LogP contribution in [0.2, 0.25) is 0 Å². The number of rotatable bonds is 6. The molecule has 3 unspecified atom stereocenters. The molecule has 0 amide bonds. The van der Waals surface area contributed by atoms with E-state index in [1.165, 1.54) is 32.2 Å². The second-order valence-electron chi connectivity index (χ2n) is 4.95. The molecule has 15 heavy (non-hydrogen) atoms. The van der Waals surface area contributed by atoms with E-state index in [0.29, 0.717) is 0 Å². The van der Waals surface area contributed by atoms with Crippen LogP contribution in [-0.2, 0) is 4.74 Å². The van der Waals surface area contributed by atoms with Crippen molar-refractivity contribution in [1.29, 1.82) is 0 Å².